The zero-order chi connectivity index (χ0) is 15.0. The standard InChI is InChI=1S/C13H17F2NO3Si/c1-20(2,3)19-10-6-4-9(5-7-10)11-13(14,15)8-18-12(17)16-11/h4-7,11H,8H2,1-3H3,(H,16,17)/t11-/m0/s1. The van der Waals surface area contributed by atoms with Crippen LogP contribution in [-0.4, -0.2) is 26.9 Å². The van der Waals surface area contributed by atoms with Crippen LogP contribution < -0.4 is 9.74 Å². The van der Waals surface area contributed by atoms with Crippen LogP contribution >= 0.6 is 0 Å². The van der Waals surface area contributed by atoms with Gasteiger partial charge in [-0.1, -0.05) is 12.1 Å². The molecule has 1 aliphatic heterocycles. The maximum absolute atomic E-state index is 13.7. The number of carbonyl (C=O) groups excluding carboxylic acids is 1. The van der Waals surface area contributed by atoms with Crippen molar-refractivity contribution >= 4 is 14.4 Å². The number of benzene rings is 1. The van der Waals surface area contributed by atoms with Gasteiger partial charge in [-0.3, -0.25) is 0 Å². The second-order valence-electron chi connectivity index (χ2n) is 5.70. The topological polar surface area (TPSA) is 47.6 Å². The van der Waals surface area contributed by atoms with E-state index in [1.807, 2.05) is 19.6 Å². The molecular formula is C13H17F2NO3Si. The van der Waals surface area contributed by atoms with Gasteiger partial charge in [0.15, 0.2) is 6.61 Å². The van der Waals surface area contributed by atoms with Gasteiger partial charge >= 0.3 is 12.0 Å². The zero-order valence-corrected chi connectivity index (χ0v) is 12.6. The van der Waals surface area contributed by atoms with Gasteiger partial charge in [0.25, 0.3) is 0 Å². The summed E-state index contributed by atoms with van der Waals surface area (Å²) < 4.78 is 37.5. The van der Waals surface area contributed by atoms with E-state index in [1.165, 1.54) is 0 Å². The molecule has 110 valence electrons. The Balaban J connectivity index is 2.18. The van der Waals surface area contributed by atoms with E-state index in [4.69, 9.17) is 4.43 Å². The summed E-state index contributed by atoms with van der Waals surface area (Å²) in [5.41, 5.74) is 0.328. The van der Waals surface area contributed by atoms with Crippen molar-refractivity contribution in [3.63, 3.8) is 0 Å². The van der Waals surface area contributed by atoms with Crippen molar-refractivity contribution in [1.82, 2.24) is 5.32 Å². The molecule has 1 N–H and O–H groups in total. The van der Waals surface area contributed by atoms with Gasteiger partial charge in [-0.05, 0) is 37.3 Å². The van der Waals surface area contributed by atoms with Crippen LogP contribution in [0, 0.1) is 0 Å². The van der Waals surface area contributed by atoms with Crippen molar-refractivity contribution in [1.29, 1.82) is 0 Å². The van der Waals surface area contributed by atoms with E-state index in [9.17, 15) is 13.6 Å². The predicted octanol–water partition coefficient (Wildman–Crippen LogP) is 3.32. The van der Waals surface area contributed by atoms with Gasteiger partial charge in [0.1, 0.15) is 11.8 Å². The lowest BCUT2D eigenvalue weighted by Gasteiger charge is -2.32. The Morgan fingerprint density at radius 1 is 1.30 bits per heavy atom. The molecule has 0 spiro atoms. The molecule has 0 radical (unpaired) electrons. The van der Waals surface area contributed by atoms with Gasteiger partial charge in [0.2, 0.25) is 8.32 Å². The smallest absolute Gasteiger partial charge is 0.408 e. The Hall–Kier alpha value is -1.63. The van der Waals surface area contributed by atoms with Gasteiger partial charge in [0.05, 0.1) is 0 Å². The Labute approximate surface area is 117 Å². The Morgan fingerprint density at radius 2 is 1.90 bits per heavy atom. The number of nitrogens with one attached hydrogen (secondary N) is 1. The van der Waals surface area contributed by atoms with Crippen molar-refractivity contribution in [2.45, 2.75) is 31.6 Å². The molecule has 20 heavy (non-hydrogen) atoms. The van der Waals surface area contributed by atoms with Gasteiger partial charge in [-0.25, -0.2) is 13.6 Å². The van der Waals surface area contributed by atoms with Crippen LogP contribution in [0.3, 0.4) is 0 Å². The molecule has 0 aromatic heterocycles. The Bertz CT molecular complexity index is 499. The number of alkyl carbamates (subject to hydrolysis) is 1. The van der Waals surface area contributed by atoms with E-state index in [0.717, 1.165) is 0 Å². The maximum atomic E-state index is 13.7. The molecule has 1 heterocycles. The van der Waals surface area contributed by atoms with Crippen LogP contribution in [0.2, 0.25) is 19.6 Å². The highest BCUT2D eigenvalue weighted by atomic mass is 28.4. The predicted molar refractivity (Wildman–Crippen MR) is 72.6 cm³/mol. The highest BCUT2D eigenvalue weighted by Gasteiger charge is 2.46. The number of ether oxygens (including phenoxy) is 1. The average molecular weight is 301 g/mol. The minimum absolute atomic E-state index is 0.328. The molecule has 1 atom stereocenters. The van der Waals surface area contributed by atoms with Gasteiger partial charge in [0, 0.05) is 0 Å². The van der Waals surface area contributed by atoms with E-state index in [0.29, 0.717) is 11.3 Å². The third-order valence-corrected chi connectivity index (χ3v) is 3.57. The summed E-state index contributed by atoms with van der Waals surface area (Å²) in [4.78, 5) is 11.1. The summed E-state index contributed by atoms with van der Waals surface area (Å²) >= 11 is 0. The second-order valence-corrected chi connectivity index (χ2v) is 10.1. The number of hydrogen-bond acceptors (Lipinski definition) is 3. The van der Waals surface area contributed by atoms with E-state index in [-0.39, 0.29) is 0 Å². The number of alkyl halides is 2. The monoisotopic (exact) mass is 301 g/mol. The summed E-state index contributed by atoms with van der Waals surface area (Å²) in [6.45, 7) is 5.20. The zero-order valence-electron chi connectivity index (χ0n) is 11.6. The molecule has 2 rings (SSSR count). The normalized spacial score (nSPS) is 21.9. The first-order chi connectivity index (χ1) is 9.17. The molecule has 1 amide bonds. The van der Waals surface area contributed by atoms with Crippen LogP contribution in [0.4, 0.5) is 13.6 Å². The average Bonchev–Trinajstić information content (AvgIpc) is 2.32. The lowest BCUT2D eigenvalue weighted by atomic mass is 10.00. The third-order valence-electron chi connectivity index (χ3n) is 2.72. The van der Waals surface area contributed by atoms with Crippen LogP contribution in [0.15, 0.2) is 24.3 Å². The minimum atomic E-state index is -3.13. The molecule has 1 aromatic rings. The minimum Gasteiger partial charge on any atom is -0.544 e. The van der Waals surface area contributed by atoms with Gasteiger partial charge in [-0.2, -0.15) is 0 Å². The molecule has 1 aromatic carbocycles. The Kier molecular flexibility index (Phi) is 3.73. The van der Waals surface area contributed by atoms with Crippen molar-refractivity contribution < 1.29 is 22.7 Å². The lowest BCUT2D eigenvalue weighted by molar-refractivity contribution is -0.104. The van der Waals surface area contributed by atoms with Crippen LogP contribution in [0.1, 0.15) is 11.6 Å². The Morgan fingerprint density at radius 3 is 2.45 bits per heavy atom. The number of carbonyl (C=O) groups is 1. The highest BCUT2D eigenvalue weighted by Crippen LogP contribution is 2.35. The summed E-state index contributed by atoms with van der Waals surface area (Å²) in [6, 6.07) is 5.00. The molecule has 1 saturated heterocycles. The molecule has 1 aliphatic rings. The molecule has 1 fully saturated rings. The molecule has 0 aliphatic carbocycles. The number of halogens is 2. The quantitative estimate of drug-likeness (QED) is 0.871. The number of cyclic esters (lactones) is 1. The fourth-order valence-electron chi connectivity index (χ4n) is 1.92. The van der Waals surface area contributed by atoms with Crippen LogP contribution in [-0.2, 0) is 4.74 Å². The number of rotatable bonds is 3. The summed E-state index contributed by atoms with van der Waals surface area (Å²) in [7, 11) is -1.73. The van der Waals surface area contributed by atoms with Crippen molar-refractivity contribution in [3.05, 3.63) is 29.8 Å². The molecule has 7 heteroatoms. The maximum Gasteiger partial charge on any atom is 0.408 e. The van der Waals surface area contributed by atoms with E-state index < -0.39 is 33.0 Å². The summed E-state index contributed by atoms with van der Waals surface area (Å²) in [5, 5.41) is 2.15. The number of amides is 1. The fraction of sp³-hybridized carbons (Fsp3) is 0.462. The van der Waals surface area contributed by atoms with Crippen molar-refractivity contribution in [2.75, 3.05) is 6.61 Å². The molecule has 4 nitrogen and oxygen atoms in total. The number of hydrogen-bond donors (Lipinski definition) is 1. The van der Waals surface area contributed by atoms with Gasteiger partial charge in [-0.15, -0.1) is 0 Å². The fourth-order valence-corrected chi connectivity index (χ4v) is 2.76. The van der Waals surface area contributed by atoms with Crippen molar-refractivity contribution in [2.24, 2.45) is 0 Å². The van der Waals surface area contributed by atoms with E-state index >= 15 is 0 Å². The van der Waals surface area contributed by atoms with Crippen LogP contribution in [0.5, 0.6) is 5.75 Å². The van der Waals surface area contributed by atoms with Crippen molar-refractivity contribution in [3.8, 4) is 5.75 Å². The molecule has 0 unspecified atom stereocenters. The highest BCUT2D eigenvalue weighted by molar-refractivity contribution is 6.70. The molecule has 0 bridgehead atoms. The van der Waals surface area contributed by atoms with E-state index in [1.54, 1.807) is 24.3 Å². The first-order valence-corrected chi connectivity index (χ1v) is 9.68. The second kappa shape index (κ2) is 5.04. The lowest BCUT2D eigenvalue weighted by Crippen LogP contribution is -2.49. The third kappa shape index (κ3) is 3.47. The SMILES string of the molecule is C[Si](C)(C)Oc1ccc([C@@H]2NC(=O)OCC2(F)F)cc1. The first kappa shape index (κ1) is 14.8. The van der Waals surface area contributed by atoms with Gasteiger partial charge < -0.3 is 14.5 Å². The summed E-state index contributed by atoms with van der Waals surface area (Å²) in [5.74, 6) is -2.48. The van der Waals surface area contributed by atoms with E-state index in [2.05, 4.69) is 10.1 Å². The largest absolute Gasteiger partial charge is 0.544 e. The molecule has 0 saturated carbocycles. The summed E-state index contributed by atoms with van der Waals surface area (Å²) in [6.07, 6.45) is -0.830. The van der Waals surface area contributed by atoms with Crippen LogP contribution in [0.25, 0.3) is 0 Å². The first-order valence-electron chi connectivity index (χ1n) is 6.27. The molecular weight excluding hydrogens is 284 g/mol.